The number of hydrogen-bond donors (Lipinski definition) is 3. The summed E-state index contributed by atoms with van der Waals surface area (Å²) in [6.45, 7) is 0. The van der Waals surface area contributed by atoms with Gasteiger partial charge in [-0.05, 0) is 0 Å². The van der Waals surface area contributed by atoms with Gasteiger partial charge in [0.05, 0.1) is 0 Å². The third-order valence-electron chi connectivity index (χ3n) is 1.51. The molecule has 0 radical (unpaired) electrons. The third kappa shape index (κ3) is 1.21. The molecule has 0 aromatic carbocycles. The van der Waals surface area contributed by atoms with Crippen molar-refractivity contribution in [3.05, 3.63) is 20.8 Å². The molecule has 0 aliphatic heterocycles. The van der Waals surface area contributed by atoms with Gasteiger partial charge in [-0.25, -0.2) is 0 Å². The van der Waals surface area contributed by atoms with Crippen LogP contribution in [0.25, 0.3) is 11.2 Å². The fourth-order valence-corrected chi connectivity index (χ4v) is 1.79. The van der Waals surface area contributed by atoms with Crippen LogP contribution >= 0.6 is 0 Å². The van der Waals surface area contributed by atoms with Crippen LogP contribution in [0.15, 0.2) is 9.59 Å². The van der Waals surface area contributed by atoms with E-state index in [1.807, 2.05) is 0 Å². The van der Waals surface area contributed by atoms with Gasteiger partial charge < -0.3 is 0 Å². The number of aromatic amines is 3. The monoisotopic (exact) mass is 192 g/mol. The van der Waals surface area contributed by atoms with E-state index in [4.69, 9.17) is 0 Å². The molecule has 0 saturated heterocycles. The van der Waals surface area contributed by atoms with Crippen molar-refractivity contribution in [1.29, 1.82) is 0 Å². The summed E-state index contributed by atoms with van der Waals surface area (Å²) in [5, 5.41) is 0. The molecule has 0 bridgehead atoms. The molecule has 0 unspecified atom stereocenters. The molecule has 6 nitrogen and oxygen atoms in total. The van der Waals surface area contributed by atoms with Crippen LogP contribution in [0.3, 0.4) is 0 Å². The summed E-state index contributed by atoms with van der Waals surface area (Å²) in [5.41, 5.74) is -0.257. The normalized spacial score (nSPS) is 10.6. The van der Waals surface area contributed by atoms with E-state index in [9.17, 15) is 9.59 Å². The Bertz CT molecular complexity index is 536. The SMILES string of the molecule is O=c1[nH]c(=O)c2[nH][c]([CaH])nc2[nH]1. The maximum absolute atomic E-state index is 11.1. The van der Waals surface area contributed by atoms with Gasteiger partial charge in [0.1, 0.15) is 0 Å². The second-order valence-electron chi connectivity index (χ2n) is 2.45. The van der Waals surface area contributed by atoms with Gasteiger partial charge in [-0.15, -0.1) is 0 Å². The molecule has 0 aliphatic rings. The van der Waals surface area contributed by atoms with Crippen molar-refractivity contribution >= 4 is 48.9 Å². The van der Waals surface area contributed by atoms with Crippen LogP contribution in [-0.2, 0) is 0 Å². The van der Waals surface area contributed by atoms with E-state index in [-0.39, 0.29) is 0 Å². The quantitative estimate of drug-likeness (QED) is 0.401. The number of aromatic nitrogens is 4. The average molecular weight is 192 g/mol. The van der Waals surface area contributed by atoms with Gasteiger partial charge in [-0.1, -0.05) is 0 Å². The number of rotatable bonds is 0. The standard InChI is InChI=1S/C5H3N4O2.Ca.H/c10-4-2-3(7-1-6-2)8-5(11)9-4;;/h(H3,6,7,8,9,10,11);;. The van der Waals surface area contributed by atoms with E-state index in [1.54, 1.807) is 0 Å². The van der Waals surface area contributed by atoms with Crippen molar-refractivity contribution in [2.45, 2.75) is 0 Å². The molecule has 0 aliphatic carbocycles. The summed E-state index contributed by atoms with van der Waals surface area (Å²) in [4.78, 5) is 33.2. The van der Waals surface area contributed by atoms with Gasteiger partial charge in [0, 0.05) is 0 Å². The zero-order chi connectivity index (χ0) is 8.72. The van der Waals surface area contributed by atoms with Crippen LogP contribution in [0.5, 0.6) is 0 Å². The van der Waals surface area contributed by atoms with Crippen molar-refractivity contribution in [3.8, 4) is 0 Å². The van der Waals surface area contributed by atoms with Crippen LogP contribution < -0.4 is 13.2 Å². The number of H-pyrrole nitrogens is 3. The zero-order valence-corrected chi connectivity index (χ0v) is 9.39. The molecule has 0 spiro atoms. The molecule has 7 heteroatoms. The summed E-state index contributed by atoms with van der Waals surface area (Å²) in [5.74, 6) is 0. The molecule has 12 heavy (non-hydrogen) atoms. The summed E-state index contributed by atoms with van der Waals surface area (Å²) in [6.07, 6.45) is 0. The molecule has 2 rings (SSSR count). The van der Waals surface area contributed by atoms with Gasteiger partial charge in [-0.2, -0.15) is 0 Å². The second kappa shape index (κ2) is 2.72. The van der Waals surface area contributed by atoms with Crippen LogP contribution in [0.2, 0.25) is 0 Å². The summed E-state index contributed by atoms with van der Waals surface area (Å²) in [6, 6.07) is 0. The Kier molecular flexibility index (Phi) is 1.82. The predicted molar refractivity (Wildman–Crippen MR) is 44.1 cm³/mol. The van der Waals surface area contributed by atoms with Crippen LogP contribution in [0.4, 0.5) is 0 Å². The van der Waals surface area contributed by atoms with Crippen molar-refractivity contribution < 1.29 is 0 Å². The summed E-state index contributed by atoms with van der Waals surface area (Å²) >= 11 is 0.370. The average Bonchev–Trinajstić information content (AvgIpc) is 2.29. The molecular formula is C5H4CaN4O2. The van der Waals surface area contributed by atoms with Crippen LogP contribution in [-0.4, -0.2) is 55.7 Å². The predicted octanol–water partition coefficient (Wildman–Crippen LogP) is -2.53. The van der Waals surface area contributed by atoms with Crippen LogP contribution in [0.1, 0.15) is 0 Å². The van der Waals surface area contributed by atoms with Gasteiger partial charge in [0.25, 0.3) is 0 Å². The Morgan fingerprint density at radius 3 is 2.67 bits per heavy atom. The van der Waals surface area contributed by atoms with Crippen molar-refractivity contribution in [1.82, 2.24) is 19.9 Å². The van der Waals surface area contributed by atoms with Gasteiger partial charge >= 0.3 is 89.6 Å². The number of hydrogen-bond acceptors (Lipinski definition) is 3. The first-order valence-corrected chi connectivity index (χ1v) is 4.92. The van der Waals surface area contributed by atoms with Gasteiger partial charge in [-0.3, -0.25) is 0 Å². The summed E-state index contributed by atoms with van der Waals surface area (Å²) in [7, 11) is 0. The first-order chi connectivity index (χ1) is 5.66. The Hall–Kier alpha value is -0.590. The number of nitrogens with one attached hydrogen (secondary N) is 3. The van der Waals surface area contributed by atoms with E-state index < -0.39 is 11.2 Å². The molecule has 2 aromatic rings. The molecule has 0 saturated carbocycles. The van der Waals surface area contributed by atoms with Gasteiger partial charge in [0.2, 0.25) is 0 Å². The molecular weight excluding hydrogens is 188 g/mol. The topological polar surface area (TPSA) is 94.4 Å². The third-order valence-corrected chi connectivity index (χ3v) is 2.25. The Labute approximate surface area is 89.1 Å². The Morgan fingerprint density at radius 1 is 1.17 bits per heavy atom. The minimum absolute atomic E-state index is 0.340. The molecule has 2 aromatic heterocycles. The van der Waals surface area contributed by atoms with E-state index >= 15 is 0 Å². The Balaban J connectivity index is 3.08. The fourth-order valence-electron chi connectivity index (χ4n) is 1.05. The van der Waals surface area contributed by atoms with E-state index in [0.717, 1.165) is 1.92 Å². The van der Waals surface area contributed by atoms with E-state index in [0.29, 0.717) is 47.0 Å². The van der Waals surface area contributed by atoms with E-state index in [2.05, 4.69) is 19.9 Å². The molecule has 0 atom stereocenters. The number of imidazole rings is 1. The maximum atomic E-state index is 11.1. The summed E-state index contributed by atoms with van der Waals surface area (Å²) < 4.78 is 0.782. The minimum atomic E-state index is -0.522. The molecule has 58 valence electrons. The van der Waals surface area contributed by atoms with Gasteiger partial charge in [0.15, 0.2) is 0 Å². The number of nitrogens with zero attached hydrogens (tertiary/aromatic N) is 1. The fraction of sp³-hybridized carbons (Fsp3) is 0. The van der Waals surface area contributed by atoms with Crippen LogP contribution in [0, 0.1) is 0 Å². The van der Waals surface area contributed by atoms with Crippen molar-refractivity contribution in [3.63, 3.8) is 0 Å². The first-order valence-electron chi connectivity index (χ1n) is 3.36. The Morgan fingerprint density at radius 2 is 1.92 bits per heavy atom. The molecule has 3 N–H and O–H groups in total. The second-order valence-corrected chi connectivity index (χ2v) is 3.93. The molecule has 2 heterocycles. The van der Waals surface area contributed by atoms with E-state index in [1.165, 1.54) is 0 Å². The first kappa shape index (κ1) is 8.03. The van der Waals surface area contributed by atoms with Crippen molar-refractivity contribution in [2.75, 3.05) is 0 Å². The zero-order valence-electron chi connectivity index (χ0n) is 6.26. The molecule has 0 amide bonds. The number of fused-ring (bicyclic) bond motifs is 1. The molecule has 0 fully saturated rings. The van der Waals surface area contributed by atoms with Crippen molar-refractivity contribution in [2.24, 2.45) is 0 Å².